The number of nitrogens with zero attached hydrogens (tertiary/aromatic N) is 3. The van der Waals surface area contributed by atoms with Crippen molar-refractivity contribution in [1.82, 2.24) is 9.80 Å². The second kappa shape index (κ2) is 9.62. The molecule has 3 fully saturated rings. The van der Waals surface area contributed by atoms with Gasteiger partial charge in [0.1, 0.15) is 5.54 Å². The number of carbonyl (C=O) groups is 2. The third kappa shape index (κ3) is 3.50. The lowest BCUT2D eigenvalue weighted by atomic mass is 9.55. The number of rotatable bonds is 3. The van der Waals surface area contributed by atoms with Crippen molar-refractivity contribution in [3.8, 4) is 0 Å². The van der Waals surface area contributed by atoms with E-state index in [1.54, 1.807) is 17.8 Å². The topological polar surface area (TPSA) is 95.8 Å². The van der Waals surface area contributed by atoms with Gasteiger partial charge in [-0.15, -0.1) is 11.8 Å². The molecule has 0 aromatic heterocycles. The molecule has 3 saturated heterocycles. The zero-order valence-corrected chi connectivity index (χ0v) is 24.6. The van der Waals surface area contributed by atoms with Crippen LogP contribution in [0.4, 0.5) is 11.4 Å². The summed E-state index contributed by atoms with van der Waals surface area (Å²) in [6, 6.07) is 20.6. The lowest BCUT2D eigenvalue weighted by molar-refractivity contribution is -0.385. The number of nitro benzene ring substituents is 1. The van der Waals surface area contributed by atoms with E-state index >= 15 is 4.79 Å². The summed E-state index contributed by atoms with van der Waals surface area (Å²) < 4.78 is 0. The Hall–Kier alpha value is -3.79. The number of piperidine rings is 1. The van der Waals surface area contributed by atoms with E-state index in [1.807, 2.05) is 56.4 Å². The molecular formula is C33H32N4O4S. The van der Waals surface area contributed by atoms with E-state index in [0.717, 1.165) is 28.0 Å². The molecule has 1 amide bonds. The van der Waals surface area contributed by atoms with E-state index in [4.69, 9.17) is 0 Å². The number of benzene rings is 3. The molecule has 3 aromatic carbocycles. The molecule has 8 nitrogen and oxygen atoms in total. The van der Waals surface area contributed by atoms with Crippen LogP contribution in [0, 0.1) is 29.4 Å². The molecule has 214 valence electrons. The summed E-state index contributed by atoms with van der Waals surface area (Å²) in [7, 11) is 2.00. The number of nitro groups is 1. The van der Waals surface area contributed by atoms with Crippen LogP contribution in [0.3, 0.4) is 0 Å². The van der Waals surface area contributed by atoms with Gasteiger partial charge in [-0.2, -0.15) is 0 Å². The average molecular weight is 581 g/mol. The van der Waals surface area contributed by atoms with Crippen LogP contribution in [0.25, 0.3) is 6.08 Å². The normalized spacial score (nSPS) is 29.8. The van der Waals surface area contributed by atoms with Crippen molar-refractivity contribution in [2.24, 2.45) is 5.41 Å². The van der Waals surface area contributed by atoms with Crippen molar-refractivity contribution < 1.29 is 14.5 Å². The number of fused-ring (bicyclic) bond motifs is 5. The number of thioether (sulfide) groups is 1. The number of hydrogen-bond acceptors (Lipinski definition) is 7. The van der Waals surface area contributed by atoms with Gasteiger partial charge in [0.05, 0.1) is 10.3 Å². The molecule has 0 saturated carbocycles. The van der Waals surface area contributed by atoms with Gasteiger partial charge >= 0.3 is 0 Å². The standard InChI is InChI=1S/C33H32N4O4S/c1-20-8-4-6-10-22(20)14-23-16-35(3)18-32(30(23)38)29(25-11-7-5-9-21(25)2)28-17-42-19-36(28)33(32)26-15-24(37(40)41)12-13-27(26)34-31(33)39/h4-15,28-29H,16-19H2,1-3H3,(H,34,39)/b23-14+/t28-,29-,32-,33-/m0/s1. The van der Waals surface area contributed by atoms with Gasteiger partial charge in [-0.1, -0.05) is 48.5 Å². The van der Waals surface area contributed by atoms with Gasteiger partial charge in [0.2, 0.25) is 0 Å². The van der Waals surface area contributed by atoms with Crippen LogP contribution < -0.4 is 5.32 Å². The number of likely N-dealkylation sites (tertiary alicyclic amines) is 1. The Kier molecular flexibility index (Phi) is 6.20. The van der Waals surface area contributed by atoms with Crippen molar-refractivity contribution >= 4 is 40.9 Å². The summed E-state index contributed by atoms with van der Waals surface area (Å²) in [6.07, 6.45) is 1.98. The maximum atomic E-state index is 15.4. The van der Waals surface area contributed by atoms with Gasteiger partial charge < -0.3 is 10.2 Å². The molecule has 7 rings (SSSR count). The highest BCUT2D eigenvalue weighted by Gasteiger charge is 2.78. The fraction of sp³-hybridized carbons (Fsp3) is 0.333. The minimum absolute atomic E-state index is 0.0500. The predicted molar refractivity (Wildman–Crippen MR) is 164 cm³/mol. The second-order valence-corrected chi connectivity index (χ2v) is 13.0. The highest BCUT2D eigenvalue weighted by Crippen LogP contribution is 2.69. The highest BCUT2D eigenvalue weighted by atomic mass is 32.2. The summed E-state index contributed by atoms with van der Waals surface area (Å²) in [5.74, 6) is 0.679. The number of likely N-dealkylation sites (N-methyl/N-ethyl adjacent to an activating group) is 1. The van der Waals surface area contributed by atoms with Crippen LogP contribution >= 0.6 is 11.8 Å². The first-order valence-electron chi connectivity index (χ1n) is 14.2. The lowest BCUT2D eigenvalue weighted by Crippen LogP contribution is -2.65. The number of carbonyl (C=O) groups excluding carboxylic acids is 2. The van der Waals surface area contributed by atoms with E-state index in [2.05, 4.69) is 34.2 Å². The Labute approximate surface area is 248 Å². The molecule has 4 aliphatic rings. The van der Waals surface area contributed by atoms with Crippen molar-refractivity contribution in [2.75, 3.05) is 37.1 Å². The van der Waals surface area contributed by atoms with E-state index < -0.39 is 15.9 Å². The molecule has 2 spiro atoms. The Bertz CT molecular complexity index is 1700. The Morgan fingerprint density at radius 2 is 1.79 bits per heavy atom. The molecule has 0 bridgehead atoms. The molecule has 1 N–H and O–H groups in total. The SMILES string of the molecule is Cc1ccccc1/C=C1\CN(C)C[C@@]2(C1=O)[C@@H](c1ccccc1C)[C@@H]1CSCN1[C@@]21C(=O)Nc2ccc([N+](=O)[O-])cc21. The van der Waals surface area contributed by atoms with Crippen LogP contribution in [0.15, 0.2) is 72.3 Å². The van der Waals surface area contributed by atoms with Gasteiger partial charge in [0, 0.05) is 65.6 Å². The number of anilines is 1. The minimum atomic E-state index is -1.41. The summed E-state index contributed by atoms with van der Waals surface area (Å²) in [6.45, 7) is 4.89. The first-order chi connectivity index (χ1) is 20.2. The maximum Gasteiger partial charge on any atom is 0.269 e. The number of aryl methyl sites for hydroxylation is 2. The Morgan fingerprint density at radius 3 is 2.52 bits per heavy atom. The molecule has 42 heavy (non-hydrogen) atoms. The van der Waals surface area contributed by atoms with E-state index in [-0.39, 0.29) is 29.3 Å². The Balaban J connectivity index is 1.57. The van der Waals surface area contributed by atoms with Gasteiger partial charge in [0.15, 0.2) is 5.78 Å². The summed E-state index contributed by atoms with van der Waals surface area (Å²) in [4.78, 5) is 46.0. The minimum Gasteiger partial charge on any atom is -0.324 e. The smallest absolute Gasteiger partial charge is 0.269 e. The summed E-state index contributed by atoms with van der Waals surface area (Å²) in [5.41, 5.74) is 3.15. The predicted octanol–water partition coefficient (Wildman–Crippen LogP) is 5.12. The van der Waals surface area contributed by atoms with Crippen LogP contribution in [0.5, 0.6) is 0 Å². The molecule has 4 heterocycles. The fourth-order valence-corrected chi connectivity index (χ4v) is 9.48. The molecule has 0 radical (unpaired) electrons. The first-order valence-corrected chi connectivity index (χ1v) is 15.4. The lowest BCUT2D eigenvalue weighted by Gasteiger charge is -2.51. The third-order valence-corrected chi connectivity index (χ3v) is 10.8. The number of nitrogens with one attached hydrogen (secondary N) is 1. The monoisotopic (exact) mass is 580 g/mol. The van der Waals surface area contributed by atoms with Crippen molar-refractivity contribution in [2.45, 2.75) is 31.3 Å². The maximum absolute atomic E-state index is 15.4. The molecular weight excluding hydrogens is 548 g/mol. The molecule has 0 aliphatic carbocycles. The van der Waals surface area contributed by atoms with E-state index in [1.165, 1.54) is 12.1 Å². The van der Waals surface area contributed by atoms with Crippen LogP contribution in [0.1, 0.15) is 33.7 Å². The largest absolute Gasteiger partial charge is 0.324 e. The Morgan fingerprint density at radius 1 is 1.05 bits per heavy atom. The molecule has 0 unspecified atom stereocenters. The molecule has 4 aliphatic heterocycles. The molecule has 3 aromatic rings. The van der Waals surface area contributed by atoms with Crippen LogP contribution in [0.2, 0.25) is 0 Å². The fourth-order valence-electron chi connectivity index (χ4n) is 8.18. The highest BCUT2D eigenvalue weighted by molar-refractivity contribution is 7.99. The van der Waals surface area contributed by atoms with Gasteiger partial charge in [0.25, 0.3) is 11.6 Å². The van der Waals surface area contributed by atoms with Gasteiger partial charge in [-0.3, -0.25) is 24.6 Å². The average Bonchev–Trinajstić information content (AvgIpc) is 3.61. The number of hydrogen-bond donors (Lipinski definition) is 1. The summed E-state index contributed by atoms with van der Waals surface area (Å²) in [5, 5.41) is 15.1. The van der Waals surface area contributed by atoms with Gasteiger partial charge in [-0.25, -0.2) is 0 Å². The first kappa shape index (κ1) is 27.1. The van der Waals surface area contributed by atoms with Crippen molar-refractivity contribution in [3.05, 3.63) is 110 Å². The van der Waals surface area contributed by atoms with E-state index in [9.17, 15) is 14.9 Å². The van der Waals surface area contributed by atoms with Crippen LogP contribution in [-0.4, -0.2) is 64.2 Å². The second-order valence-electron chi connectivity index (χ2n) is 12.0. The zero-order valence-electron chi connectivity index (χ0n) is 23.8. The summed E-state index contributed by atoms with van der Waals surface area (Å²) >= 11 is 1.75. The number of Topliss-reactive ketones (excluding diaryl/α,β-unsaturated/α-hetero) is 1. The molecule has 4 atom stereocenters. The number of non-ortho nitro benzene ring substituents is 1. The number of amides is 1. The van der Waals surface area contributed by atoms with Gasteiger partial charge in [-0.05, 0) is 55.3 Å². The van der Waals surface area contributed by atoms with E-state index in [0.29, 0.717) is 35.8 Å². The number of ketones is 1. The molecule has 9 heteroatoms. The quantitative estimate of drug-likeness (QED) is 0.261. The van der Waals surface area contributed by atoms with Crippen molar-refractivity contribution in [1.29, 1.82) is 0 Å². The zero-order chi connectivity index (χ0) is 29.4. The van der Waals surface area contributed by atoms with Crippen molar-refractivity contribution in [3.63, 3.8) is 0 Å². The van der Waals surface area contributed by atoms with Crippen LogP contribution in [-0.2, 0) is 15.1 Å². The third-order valence-electron chi connectivity index (χ3n) is 9.79.